The largest absolute Gasteiger partial charge is 0.493 e. The van der Waals surface area contributed by atoms with Crippen molar-refractivity contribution in [2.75, 3.05) is 26.9 Å². The summed E-state index contributed by atoms with van der Waals surface area (Å²) in [6.07, 6.45) is 2.40. The van der Waals surface area contributed by atoms with Crippen molar-refractivity contribution in [3.8, 4) is 5.75 Å². The summed E-state index contributed by atoms with van der Waals surface area (Å²) in [5.41, 5.74) is -1.99. The molecule has 0 aliphatic carbocycles. The highest BCUT2D eigenvalue weighted by molar-refractivity contribution is 6.04. The van der Waals surface area contributed by atoms with E-state index >= 15 is 0 Å². The van der Waals surface area contributed by atoms with Crippen LogP contribution in [-0.2, 0) is 28.5 Å². The molecule has 1 aliphatic rings. The van der Waals surface area contributed by atoms with E-state index in [1.807, 2.05) is 18.2 Å². The topological polar surface area (TPSA) is 80.3 Å². The van der Waals surface area contributed by atoms with Crippen LogP contribution < -0.4 is 4.74 Å². The fraction of sp³-hybridized carbons (Fsp3) is 0.474. The highest BCUT2D eigenvalue weighted by Crippen LogP contribution is 2.34. The van der Waals surface area contributed by atoms with Gasteiger partial charge in [-0.25, -0.2) is 9.59 Å². The summed E-state index contributed by atoms with van der Waals surface area (Å²) in [6.45, 7) is 3.51. The van der Waals surface area contributed by atoms with Crippen molar-refractivity contribution < 1.29 is 33.3 Å². The summed E-state index contributed by atoms with van der Waals surface area (Å²) in [4.78, 5) is 25.5. The first-order valence-electron chi connectivity index (χ1n) is 8.49. The highest BCUT2D eigenvalue weighted by atomic mass is 16.7. The third kappa shape index (κ3) is 4.23. The van der Waals surface area contributed by atoms with Crippen molar-refractivity contribution >= 4 is 11.9 Å². The molecular weight excluding hydrogens is 340 g/mol. The van der Waals surface area contributed by atoms with Gasteiger partial charge < -0.3 is 23.7 Å². The summed E-state index contributed by atoms with van der Waals surface area (Å²) in [5, 5.41) is 0. The summed E-state index contributed by atoms with van der Waals surface area (Å²) in [6, 6.07) is 9.08. The molecule has 2 unspecified atom stereocenters. The van der Waals surface area contributed by atoms with Crippen LogP contribution in [-0.4, -0.2) is 50.8 Å². The molecule has 1 aliphatic heterocycles. The normalized spacial score (nSPS) is 21.0. The minimum Gasteiger partial charge on any atom is -0.493 e. The average molecular weight is 364 g/mol. The Labute approximate surface area is 152 Å². The van der Waals surface area contributed by atoms with Crippen LogP contribution in [0.2, 0.25) is 0 Å². The Kier molecular flexibility index (Phi) is 7.17. The lowest BCUT2D eigenvalue weighted by atomic mass is 9.85. The van der Waals surface area contributed by atoms with E-state index in [1.165, 1.54) is 7.11 Å². The van der Waals surface area contributed by atoms with Gasteiger partial charge in [-0.1, -0.05) is 24.3 Å². The second kappa shape index (κ2) is 9.35. The van der Waals surface area contributed by atoms with E-state index in [0.717, 1.165) is 0 Å². The minimum absolute atomic E-state index is 0.0224. The maximum absolute atomic E-state index is 12.7. The Hall–Kier alpha value is -2.38. The zero-order valence-electron chi connectivity index (χ0n) is 15.2. The molecule has 7 heteroatoms. The SMILES string of the molecule is CCOC(=O)C1(C(=O)OCC)OC(OC)C=CC1COc1ccccc1. The molecule has 7 nitrogen and oxygen atoms in total. The van der Waals surface area contributed by atoms with Gasteiger partial charge in [-0.2, -0.15) is 0 Å². The van der Waals surface area contributed by atoms with Gasteiger partial charge in [-0.05, 0) is 32.1 Å². The van der Waals surface area contributed by atoms with E-state index in [4.69, 9.17) is 23.7 Å². The fourth-order valence-electron chi connectivity index (χ4n) is 2.63. The van der Waals surface area contributed by atoms with Gasteiger partial charge in [0.05, 0.1) is 25.7 Å². The molecule has 2 atom stereocenters. The molecule has 1 aromatic carbocycles. The monoisotopic (exact) mass is 364 g/mol. The third-order valence-corrected chi connectivity index (χ3v) is 3.89. The second-order valence-corrected chi connectivity index (χ2v) is 5.51. The number of ether oxygens (including phenoxy) is 5. The molecule has 0 fully saturated rings. The van der Waals surface area contributed by atoms with Gasteiger partial charge in [0.15, 0.2) is 6.29 Å². The zero-order valence-corrected chi connectivity index (χ0v) is 15.2. The van der Waals surface area contributed by atoms with Crippen LogP contribution in [0.1, 0.15) is 13.8 Å². The van der Waals surface area contributed by atoms with Gasteiger partial charge in [0.2, 0.25) is 0 Å². The Morgan fingerprint density at radius 3 is 2.19 bits per heavy atom. The van der Waals surface area contributed by atoms with Crippen LogP contribution in [0.25, 0.3) is 0 Å². The smallest absolute Gasteiger partial charge is 0.351 e. The van der Waals surface area contributed by atoms with Gasteiger partial charge in [-0.15, -0.1) is 0 Å². The number of para-hydroxylation sites is 1. The van der Waals surface area contributed by atoms with Gasteiger partial charge in [0.1, 0.15) is 5.75 Å². The number of esters is 2. The first kappa shape index (κ1) is 19.9. The predicted octanol–water partition coefficient (Wildman–Crippen LogP) is 2.11. The molecule has 0 radical (unpaired) electrons. The van der Waals surface area contributed by atoms with E-state index in [9.17, 15) is 9.59 Å². The van der Waals surface area contributed by atoms with Crippen molar-refractivity contribution in [1.82, 2.24) is 0 Å². The maximum atomic E-state index is 12.7. The average Bonchev–Trinajstić information content (AvgIpc) is 2.67. The van der Waals surface area contributed by atoms with Crippen molar-refractivity contribution in [3.05, 3.63) is 42.5 Å². The quantitative estimate of drug-likeness (QED) is 0.397. The molecule has 0 amide bonds. The van der Waals surface area contributed by atoms with E-state index in [-0.39, 0.29) is 19.8 Å². The first-order valence-corrected chi connectivity index (χ1v) is 8.49. The Morgan fingerprint density at radius 1 is 1.04 bits per heavy atom. The number of methoxy groups -OCH3 is 1. The molecule has 142 valence electrons. The van der Waals surface area contributed by atoms with E-state index in [0.29, 0.717) is 5.75 Å². The van der Waals surface area contributed by atoms with E-state index in [1.54, 1.807) is 38.1 Å². The number of hydrogen-bond acceptors (Lipinski definition) is 7. The van der Waals surface area contributed by atoms with Crippen LogP contribution in [0.5, 0.6) is 5.75 Å². The molecule has 1 heterocycles. The Balaban J connectivity index is 2.34. The molecule has 2 rings (SSSR count). The van der Waals surface area contributed by atoms with E-state index < -0.39 is 29.7 Å². The highest BCUT2D eigenvalue weighted by Gasteiger charge is 2.59. The molecule has 0 saturated carbocycles. The minimum atomic E-state index is -1.99. The summed E-state index contributed by atoms with van der Waals surface area (Å²) >= 11 is 0. The van der Waals surface area contributed by atoms with Gasteiger partial charge in [-0.3, -0.25) is 0 Å². The third-order valence-electron chi connectivity index (χ3n) is 3.89. The van der Waals surface area contributed by atoms with Crippen LogP contribution in [0.15, 0.2) is 42.5 Å². The maximum Gasteiger partial charge on any atom is 0.351 e. The van der Waals surface area contributed by atoms with Crippen molar-refractivity contribution in [2.45, 2.75) is 25.7 Å². The van der Waals surface area contributed by atoms with Gasteiger partial charge in [0, 0.05) is 7.11 Å². The van der Waals surface area contributed by atoms with Crippen LogP contribution in [0, 0.1) is 5.92 Å². The second-order valence-electron chi connectivity index (χ2n) is 5.51. The molecular formula is C19H24O7. The lowest BCUT2D eigenvalue weighted by molar-refractivity contribution is -0.231. The molecule has 0 aromatic heterocycles. The molecule has 0 bridgehead atoms. The predicted molar refractivity (Wildman–Crippen MR) is 92.4 cm³/mol. The van der Waals surface area contributed by atoms with Crippen molar-refractivity contribution in [1.29, 1.82) is 0 Å². The van der Waals surface area contributed by atoms with Crippen LogP contribution in [0.4, 0.5) is 0 Å². The fourth-order valence-corrected chi connectivity index (χ4v) is 2.63. The van der Waals surface area contributed by atoms with Gasteiger partial charge >= 0.3 is 11.9 Å². The lowest BCUT2D eigenvalue weighted by Crippen LogP contribution is -2.60. The number of benzene rings is 1. The molecule has 0 saturated heterocycles. The zero-order chi connectivity index (χ0) is 19.0. The standard InChI is InChI=1S/C19H24O7/c1-4-23-17(20)19(18(21)24-5-2)14(11-12-16(22-3)26-19)13-25-15-9-7-6-8-10-15/h6-12,14,16H,4-5,13H2,1-3H3. The first-order chi connectivity index (χ1) is 12.6. The van der Waals surface area contributed by atoms with Gasteiger partial charge in [0.25, 0.3) is 5.60 Å². The summed E-state index contributed by atoms with van der Waals surface area (Å²) < 4.78 is 26.8. The summed E-state index contributed by atoms with van der Waals surface area (Å²) in [7, 11) is 1.41. The van der Waals surface area contributed by atoms with Crippen molar-refractivity contribution in [3.63, 3.8) is 0 Å². The number of carbonyl (C=O) groups is 2. The molecule has 0 N–H and O–H groups in total. The molecule has 26 heavy (non-hydrogen) atoms. The Bertz CT molecular complexity index is 608. The number of hydrogen-bond donors (Lipinski definition) is 0. The number of rotatable bonds is 8. The summed E-state index contributed by atoms with van der Waals surface area (Å²) in [5.74, 6) is -1.79. The van der Waals surface area contributed by atoms with Crippen LogP contribution >= 0.6 is 0 Å². The van der Waals surface area contributed by atoms with Crippen molar-refractivity contribution in [2.24, 2.45) is 5.92 Å². The number of carbonyl (C=O) groups excluding carboxylic acids is 2. The Morgan fingerprint density at radius 2 is 1.65 bits per heavy atom. The lowest BCUT2D eigenvalue weighted by Gasteiger charge is -2.38. The molecule has 1 aromatic rings. The van der Waals surface area contributed by atoms with Crippen LogP contribution in [0.3, 0.4) is 0 Å². The molecule has 0 spiro atoms. The van der Waals surface area contributed by atoms with E-state index in [2.05, 4.69) is 0 Å².